The third kappa shape index (κ3) is 3.59. The number of hydrogen-bond acceptors (Lipinski definition) is 3. The molecule has 0 aliphatic carbocycles. The van der Waals surface area contributed by atoms with Crippen LogP contribution in [-0.4, -0.2) is 7.05 Å². The number of para-hydroxylation sites is 1. The molecule has 0 aliphatic rings. The number of halogens is 1. The average molecular weight is 284 g/mol. The molecule has 2 aromatic carbocycles. The van der Waals surface area contributed by atoms with E-state index in [1.807, 2.05) is 44.3 Å². The summed E-state index contributed by atoms with van der Waals surface area (Å²) >= 11 is 0. The normalized spacial score (nSPS) is 11.7. The highest BCUT2D eigenvalue weighted by Gasteiger charge is 2.11. The highest BCUT2D eigenvalue weighted by Crippen LogP contribution is 2.25. The molecule has 2 aromatic rings. The summed E-state index contributed by atoms with van der Waals surface area (Å²) in [5.74, 6) is 0.358. The van der Waals surface area contributed by atoms with Crippen LogP contribution in [-0.2, 0) is 6.61 Å². The maximum Gasteiger partial charge on any atom is 0.124 e. The lowest BCUT2D eigenvalue weighted by Gasteiger charge is -2.16. The van der Waals surface area contributed by atoms with Crippen LogP contribution in [0.5, 0.6) is 5.75 Å². The van der Waals surface area contributed by atoms with Gasteiger partial charge in [-0.25, -0.2) is 4.39 Å². The van der Waals surface area contributed by atoms with Gasteiger partial charge in [-0.2, -0.15) is 5.26 Å². The summed E-state index contributed by atoms with van der Waals surface area (Å²) < 4.78 is 19.1. The predicted octanol–water partition coefficient (Wildman–Crippen LogP) is 3.56. The Balaban J connectivity index is 2.21. The number of hydrogen-bond donors (Lipinski definition) is 1. The summed E-state index contributed by atoms with van der Waals surface area (Å²) in [5, 5.41) is 12.2. The van der Waals surface area contributed by atoms with Gasteiger partial charge in [0.1, 0.15) is 18.2 Å². The summed E-state index contributed by atoms with van der Waals surface area (Å²) in [6, 6.07) is 14.0. The fourth-order valence-electron chi connectivity index (χ4n) is 2.07. The Morgan fingerprint density at radius 2 is 2.05 bits per heavy atom. The maximum atomic E-state index is 13.3. The van der Waals surface area contributed by atoms with Crippen LogP contribution in [0.1, 0.15) is 29.7 Å². The summed E-state index contributed by atoms with van der Waals surface area (Å²) in [5.41, 5.74) is 2.00. The minimum atomic E-state index is -0.371. The highest BCUT2D eigenvalue weighted by molar-refractivity contribution is 5.39. The van der Waals surface area contributed by atoms with Crippen LogP contribution < -0.4 is 10.1 Å². The van der Waals surface area contributed by atoms with Crippen molar-refractivity contribution in [2.75, 3.05) is 7.05 Å². The molecule has 0 bridgehead atoms. The minimum Gasteiger partial charge on any atom is -0.489 e. The molecule has 108 valence electrons. The van der Waals surface area contributed by atoms with Gasteiger partial charge in [-0.15, -0.1) is 0 Å². The molecule has 0 spiro atoms. The van der Waals surface area contributed by atoms with E-state index in [9.17, 15) is 4.39 Å². The van der Waals surface area contributed by atoms with Crippen molar-refractivity contribution in [2.45, 2.75) is 19.6 Å². The molecule has 0 fully saturated rings. The fourth-order valence-corrected chi connectivity index (χ4v) is 2.07. The summed E-state index contributed by atoms with van der Waals surface area (Å²) in [6.45, 7) is 2.19. The van der Waals surface area contributed by atoms with Crippen molar-refractivity contribution in [3.05, 3.63) is 65.0 Å². The quantitative estimate of drug-likeness (QED) is 0.913. The molecule has 21 heavy (non-hydrogen) atoms. The summed E-state index contributed by atoms with van der Waals surface area (Å²) in [7, 11) is 1.88. The SMILES string of the molecule is CNC(C)c1ccccc1OCc1cc(F)ccc1C#N. The lowest BCUT2D eigenvalue weighted by molar-refractivity contribution is 0.299. The van der Waals surface area contributed by atoms with Gasteiger partial charge >= 0.3 is 0 Å². The Labute approximate surface area is 124 Å². The molecule has 1 unspecified atom stereocenters. The van der Waals surface area contributed by atoms with E-state index in [2.05, 4.69) is 5.32 Å². The molecule has 2 rings (SSSR count). The molecular weight excluding hydrogens is 267 g/mol. The van der Waals surface area contributed by atoms with E-state index in [4.69, 9.17) is 10.00 Å². The zero-order valence-corrected chi connectivity index (χ0v) is 12.1. The third-order valence-corrected chi connectivity index (χ3v) is 3.39. The van der Waals surface area contributed by atoms with Gasteiger partial charge in [0.2, 0.25) is 0 Å². The van der Waals surface area contributed by atoms with Crippen molar-refractivity contribution >= 4 is 0 Å². The minimum absolute atomic E-state index is 0.143. The number of nitriles is 1. The number of rotatable bonds is 5. The van der Waals surface area contributed by atoms with Crippen LogP contribution in [0.3, 0.4) is 0 Å². The standard InChI is InChI=1S/C17H17FN2O/c1-12(20-2)16-5-3-4-6-17(16)21-11-14-9-15(18)8-7-13(14)10-19/h3-9,12,20H,11H2,1-2H3. The summed E-state index contributed by atoms with van der Waals surface area (Å²) in [4.78, 5) is 0. The molecule has 4 heteroatoms. The van der Waals surface area contributed by atoms with Crippen molar-refractivity contribution in [1.29, 1.82) is 5.26 Å². The Kier molecular flexibility index (Phi) is 4.91. The molecule has 0 amide bonds. The first kappa shape index (κ1) is 15.0. The second kappa shape index (κ2) is 6.87. The third-order valence-electron chi connectivity index (χ3n) is 3.39. The Hall–Kier alpha value is -2.38. The van der Waals surface area contributed by atoms with E-state index >= 15 is 0 Å². The second-order valence-electron chi connectivity index (χ2n) is 4.75. The van der Waals surface area contributed by atoms with Crippen LogP contribution >= 0.6 is 0 Å². The number of nitrogens with zero attached hydrogens (tertiary/aromatic N) is 1. The maximum absolute atomic E-state index is 13.3. The van der Waals surface area contributed by atoms with E-state index in [-0.39, 0.29) is 18.5 Å². The second-order valence-corrected chi connectivity index (χ2v) is 4.75. The molecule has 0 radical (unpaired) electrons. The highest BCUT2D eigenvalue weighted by atomic mass is 19.1. The van der Waals surface area contributed by atoms with Gasteiger partial charge in [0, 0.05) is 17.2 Å². The zero-order valence-electron chi connectivity index (χ0n) is 12.1. The van der Waals surface area contributed by atoms with Gasteiger partial charge in [-0.05, 0) is 38.2 Å². The Bertz CT molecular complexity index is 664. The first-order chi connectivity index (χ1) is 10.2. The van der Waals surface area contributed by atoms with Crippen molar-refractivity contribution < 1.29 is 9.13 Å². The monoisotopic (exact) mass is 284 g/mol. The Morgan fingerprint density at radius 3 is 2.76 bits per heavy atom. The summed E-state index contributed by atoms with van der Waals surface area (Å²) in [6.07, 6.45) is 0. The molecule has 0 saturated carbocycles. The molecule has 0 aliphatic heterocycles. The Morgan fingerprint density at radius 1 is 1.29 bits per heavy atom. The zero-order chi connectivity index (χ0) is 15.2. The molecular formula is C17H17FN2O. The van der Waals surface area contributed by atoms with Crippen LogP contribution in [0.25, 0.3) is 0 Å². The molecule has 1 N–H and O–H groups in total. The first-order valence-corrected chi connectivity index (χ1v) is 6.73. The van der Waals surface area contributed by atoms with Gasteiger partial charge in [-0.3, -0.25) is 0 Å². The van der Waals surface area contributed by atoms with Crippen molar-refractivity contribution in [2.24, 2.45) is 0 Å². The van der Waals surface area contributed by atoms with Crippen molar-refractivity contribution in [3.63, 3.8) is 0 Å². The molecule has 1 atom stereocenters. The predicted molar refractivity (Wildman–Crippen MR) is 79.4 cm³/mol. The smallest absolute Gasteiger partial charge is 0.124 e. The fraction of sp³-hybridized carbons (Fsp3) is 0.235. The van der Waals surface area contributed by atoms with Crippen LogP contribution in [0.15, 0.2) is 42.5 Å². The van der Waals surface area contributed by atoms with Crippen LogP contribution in [0.4, 0.5) is 4.39 Å². The largest absolute Gasteiger partial charge is 0.489 e. The van der Waals surface area contributed by atoms with Gasteiger partial charge in [0.25, 0.3) is 0 Å². The number of benzene rings is 2. The van der Waals surface area contributed by atoms with E-state index in [1.54, 1.807) is 0 Å². The molecule has 0 aromatic heterocycles. The van der Waals surface area contributed by atoms with Crippen molar-refractivity contribution in [3.8, 4) is 11.8 Å². The van der Waals surface area contributed by atoms with E-state index < -0.39 is 0 Å². The van der Waals surface area contributed by atoms with Gasteiger partial charge in [0.05, 0.1) is 11.6 Å². The first-order valence-electron chi connectivity index (χ1n) is 6.73. The van der Waals surface area contributed by atoms with Gasteiger partial charge in [-0.1, -0.05) is 18.2 Å². The van der Waals surface area contributed by atoms with E-state index in [0.717, 1.165) is 11.3 Å². The molecule has 0 heterocycles. The van der Waals surface area contributed by atoms with Crippen LogP contribution in [0.2, 0.25) is 0 Å². The molecule has 3 nitrogen and oxygen atoms in total. The van der Waals surface area contributed by atoms with Crippen molar-refractivity contribution in [1.82, 2.24) is 5.32 Å². The molecule has 0 saturated heterocycles. The number of ether oxygens (including phenoxy) is 1. The topological polar surface area (TPSA) is 45.0 Å². The number of nitrogens with one attached hydrogen (secondary N) is 1. The van der Waals surface area contributed by atoms with Gasteiger partial charge in [0.15, 0.2) is 0 Å². The van der Waals surface area contributed by atoms with Crippen LogP contribution in [0, 0.1) is 17.1 Å². The van der Waals surface area contributed by atoms with E-state index in [1.165, 1.54) is 18.2 Å². The lowest BCUT2D eigenvalue weighted by Crippen LogP contribution is -2.13. The van der Waals surface area contributed by atoms with Gasteiger partial charge < -0.3 is 10.1 Å². The lowest BCUT2D eigenvalue weighted by atomic mass is 10.1. The average Bonchev–Trinajstić information content (AvgIpc) is 2.52. The van der Waals surface area contributed by atoms with E-state index in [0.29, 0.717) is 11.1 Å².